The van der Waals surface area contributed by atoms with E-state index in [4.69, 9.17) is 0 Å². The quantitative estimate of drug-likeness (QED) is 0.312. The molecule has 0 aliphatic carbocycles. The van der Waals surface area contributed by atoms with Crippen LogP contribution in [0.25, 0.3) is 6.08 Å². The molecule has 116 valence electrons. The summed E-state index contributed by atoms with van der Waals surface area (Å²) in [5.41, 5.74) is 1.30. The third-order valence-corrected chi connectivity index (χ3v) is 3.80. The van der Waals surface area contributed by atoms with E-state index in [1.807, 2.05) is 0 Å². The van der Waals surface area contributed by atoms with Gasteiger partial charge in [0.05, 0.1) is 0 Å². The van der Waals surface area contributed by atoms with Gasteiger partial charge in [-0.05, 0) is 24.8 Å². The van der Waals surface area contributed by atoms with Gasteiger partial charge in [0.1, 0.15) is 6.29 Å². The lowest BCUT2D eigenvalue weighted by molar-refractivity contribution is -0.107. The average Bonchev–Trinajstić information content (AvgIpc) is 2.53. The minimum absolute atomic E-state index is 0.747. The van der Waals surface area contributed by atoms with Gasteiger partial charge in [-0.2, -0.15) is 0 Å². The molecule has 1 rings (SSSR count). The van der Waals surface area contributed by atoms with Gasteiger partial charge in [0, 0.05) is 6.42 Å². The molecular formula is C20H30O. The summed E-state index contributed by atoms with van der Waals surface area (Å²) in [4.78, 5) is 10.2. The number of carbonyl (C=O) groups is 1. The van der Waals surface area contributed by atoms with Gasteiger partial charge in [-0.15, -0.1) is 0 Å². The van der Waals surface area contributed by atoms with Crippen molar-refractivity contribution in [2.75, 3.05) is 0 Å². The van der Waals surface area contributed by atoms with Crippen LogP contribution in [0.3, 0.4) is 0 Å². The van der Waals surface area contributed by atoms with Crippen LogP contribution in [-0.2, 0) is 4.79 Å². The van der Waals surface area contributed by atoms with Crippen LogP contribution in [-0.4, -0.2) is 6.29 Å². The zero-order chi connectivity index (χ0) is 15.0. The minimum atomic E-state index is 0.747. The van der Waals surface area contributed by atoms with Gasteiger partial charge in [0.25, 0.3) is 0 Å². The first-order chi connectivity index (χ1) is 10.4. The number of benzene rings is 1. The van der Waals surface area contributed by atoms with Crippen LogP contribution in [0, 0.1) is 0 Å². The van der Waals surface area contributed by atoms with E-state index in [0.717, 1.165) is 19.1 Å². The van der Waals surface area contributed by atoms with E-state index in [1.165, 1.54) is 63.4 Å². The Morgan fingerprint density at radius 2 is 1.19 bits per heavy atom. The summed E-state index contributed by atoms with van der Waals surface area (Å²) < 4.78 is 0. The van der Waals surface area contributed by atoms with E-state index in [2.05, 4.69) is 42.5 Å². The number of hydrogen-bond donors (Lipinski definition) is 0. The highest BCUT2D eigenvalue weighted by atomic mass is 16.1. The molecule has 0 fully saturated rings. The zero-order valence-electron chi connectivity index (χ0n) is 13.3. The van der Waals surface area contributed by atoms with E-state index in [-0.39, 0.29) is 0 Å². The smallest absolute Gasteiger partial charge is 0.119 e. The highest BCUT2D eigenvalue weighted by Crippen LogP contribution is 2.11. The van der Waals surface area contributed by atoms with Crippen molar-refractivity contribution in [2.45, 2.75) is 70.6 Å². The van der Waals surface area contributed by atoms with Gasteiger partial charge in [-0.25, -0.2) is 0 Å². The van der Waals surface area contributed by atoms with Crippen molar-refractivity contribution in [1.29, 1.82) is 0 Å². The standard InChI is InChI=1S/C20H30O/c21-19-15-10-8-6-4-2-1-3-5-7-9-12-16-20-17-13-11-14-18-20/h11-14,16-19H,1-10,15H2. The number of rotatable bonds is 13. The van der Waals surface area contributed by atoms with Crippen LogP contribution >= 0.6 is 0 Å². The number of allylic oxidation sites excluding steroid dienone is 1. The molecule has 0 radical (unpaired) electrons. The van der Waals surface area contributed by atoms with Crippen LogP contribution in [0.15, 0.2) is 36.4 Å². The van der Waals surface area contributed by atoms with Gasteiger partial charge in [-0.1, -0.05) is 87.4 Å². The molecule has 0 aliphatic rings. The maximum atomic E-state index is 10.2. The lowest BCUT2D eigenvalue weighted by atomic mass is 10.1. The normalized spacial score (nSPS) is 11.0. The monoisotopic (exact) mass is 286 g/mol. The van der Waals surface area contributed by atoms with Crippen molar-refractivity contribution in [3.05, 3.63) is 42.0 Å². The minimum Gasteiger partial charge on any atom is -0.303 e. The number of unbranched alkanes of at least 4 members (excludes halogenated alkanes) is 10. The van der Waals surface area contributed by atoms with E-state index < -0.39 is 0 Å². The Morgan fingerprint density at radius 1 is 0.667 bits per heavy atom. The van der Waals surface area contributed by atoms with Gasteiger partial charge < -0.3 is 4.79 Å². The second-order valence-electron chi connectivity index (χ2n) is 5.74. The molecule has 0 amide bonds. The molecule has 0 spiro atoms. The Kier molecular flexibility index (Phi) is 11.5. The van der Waals surface area contributed by atoms with E-state index in [1.54, 1.807) is 0 Å². The van der Waals surface area contributed by atoms with Crippen LogP contribution in [0.4, 0.5) is 0 Å². The van der Waals surface area contributed by atoms with Crippen LogP contribution < -0.4 is 0 Å². The summed E-state index contributed by atoms with van der Waals surface area (Å²) in [6.45, 7) is 0. The molecular weight excluding hydrogens is 256 g/mol. The van der Waals surface area contributed by atoms with Gasteiger partial charge in [0.15, 0.2) is 0 Å². The Balaban J connectivity index is 1.82. The summed E-state index contributed by atoms with van der Waals surface area (Å²) in [5.74, 6) is 0. The molecule has 0 saturated carbocycles. The highest BCUT2D eigenvalue weighted by molar-refractivity contribution is 5.49. The third-order valence-electron chi connectivity index (χ3n) is 3.80. The average molecular weight is 286 g/mol. The van der Waals surface area contributed by atoms with Crippen LogP contribution in [0.2, 0.25) is 0 Å². The molecule has 1 aromatic carbocycles. The molecule has 21 heavy (non-hydrogen) atoms. The Morgan fingerprint density at radius 3 is 1.76 bits per heavy atom. The summed E-state index contributed by atoms with van der Waals surface area (Å²) in [6.07, 6.45) is 19.2. The molecule has 0 unspecified atom stereocenters. The van der Waals surface area contributed by atoms with Crippen molar-refractivity contribution >= 4 is 12.4 Å². The molecule has 1 heteroatoms. The highest BCUT2D eigenvalue weighted by Gasteiger charge is 1.92. The van der Waals surface area contributed by atoms with Crippen molar-refractivity contribution < 1.29 is 4.79 Å². The van der Waals surface area contributed by atoms with Crippen molar-refractivity contribution in [3.8, 4) is 0 Å². The lowest BCUT2D eigenvalue weighted by Crippen LogP contribution is -1.82. The first-order valence-corrected chi connectivity index (χ1v) is 8.58. The zero-order valence-corrected chi connectivity index (χ0v) is 13.3. The lowest BCUT2D eigenvalue weighted by Gasteiger charge is -2.01. The Bertz CT molecular complexity index is 367. The molecule has 0 heterocycles. The fourth-order valence-corrected chi connectivity index (χ4v) is 2.51. The summed E-state index contributed by atoms with van der Waals surface area (Å²) >= 11 is 0. The molecule has 0 N–H and O–H groups in total. The van der Waals surface area contributed by atoms with Crippen molar-refractivity contribution in [1.82, 2.24) is 0 Å². The van der Waals surface area contributed by atoms with Crippen LogP contribution in [0.1, 0.15) is 76.2 Å². The van der Waals surface area contributed by atoms with Crippen molar-refractivity contribution in [2.24, 2.45) is 0 Å². The van der Waals surface area contributed by atoms with Crippen LogP contribution in [0.5, 0.6) is 0 Å². The van der Waals surface area contributed by atoms with Gasteiger partial charge >= 0.3 is 0 Å². The predicted molar refractivity (Wildman–Crippen MR) is 92.3 cm³/mol. The maximum absolute atomic E-state index is 10.2. The molecule has 1 aromatic rings. The SMILES string of the molecule is O=CCCCCCCCCCCCC=Cc1ccccc1. The fourth-order valence-electron chi connectivity index (χ4n) is 2.51. The van der Waals surface area contributed by atoms with E-state index >= 15 is 0 Å². The summed E-state index contributed by atoms with van der Waals surface area (Å²) in [6, 6.07) is 10.5. The Labute approximate surface area is 130 Å². The third kappa shape index (κ3) is 11.0. The molecule has 0 bridgehead atoms. The van der Waals surface area contributed by atoms with E-state index in [0.29, 0.717) is 0 Å². The largest absolute Gasteiger partial charge is 0.303 e. The molecule has 0 aromatic heterocycles. The number of carbonyl (C=O) groups excluding carboxylic acids is 1. The topological polar surface area (TPSA) is 17.1 Å². The van der Waals surface area contributed by atoms with Crippen molar-refractivity contribution in [3.63, 3.8) is 0 Å². The summed E-state index contributed by atoms with van der Waals surface area (Å²) in [5, 5.41) is 0. The number of hydrogen-bond acceptors (Lipinski definition) is 1. The molecule has 0 atom stereocenters. The Hall–Kier alpha value is -1.37. The fraction of sp³-hybridized carbons (Fsp3) is 0.550. The number of aldehydes is 1. The van der Waals surface area contributed by atoms with Gasteiger partial charge in [0.2, 0.25) is 0 Å². The molecule has 0 aliphatic heterocycles. The molecule has 0 saturated heterocycles. The van der Waals surface area contributed by atoms with E-state index in [9.17, 15) is 4.79 Å². The first kappa shape index (κ1) is 17.7. The molecule has 1 nitrogen and oxygen atoms in total. The van der Waals surface area contributed by atoms with Gasteiger partial charge in [-0.3, -0.25) is 0 Å². The second kappa shape index (κ2) is 13.6. The summed E-state index contributed by atoms with van der Waals surface area (Å²) in [7, 11) is 0. The maximum Gasteiger partial charge on any atom is 0.119 e. The predicted octanol–water partition coefficient (Wildman–Crippen LogP) is 6.19. The second-order valence-corrected chi connectivity index (χ2v) is 5.74. The first-order valence-electron chi connectivity index (χ1n) is 8.58.